The molecular weight excluding hydrogens is 444 g/mol. The van der Waals surface area contributed by atoms with Gasteiger partial charge in [-0.1, -0.05) is 50.1 Å². The van der Waals surface area contributed by atoms with Crippen molar-refractivity contribution in [1.29, 1.82) is 0 Å². The topological polar surface area (TPSA) is 188 Å². The summed E-state index contributed by atoms with van der Waals surface area (Å²) in [5.74, 6) is -3.64. The Balaban J connectivity index is 2.88. The fourth-order valence-corrected chi connectivity index (χ4v) is 3.17. The minimum atomic E-state index is -1.46. The van der Waals surface area contributed by atoms with Gasteiger partial charge in [0.15, 0.2) is 0 Å². The van der Waals surface area contributed by atoms with Gasteiger partial charge in [0, 0.05) is 0 Å². The lowest BCUT2D eigenvalue weighted by atomic mass is 10.0. The van der Waals surface area contributed by atoms with Crippen molar-refractivity contribution in [2.75, 3.05) is 0 Å². The number of hydrogen-bond acceptors (Lipinski definition) is 7. The van der Waals surface area contributed by atoms with Crippen molar-refractivity contribution < 1.29 is 34.2 Å². The van der Waals surface area contributed by atoms with E-state index >= 15 is 0 Å². The molecule has 1 aromatic carbocycles. The molecule has 7 N–H and O–H groups in total. The molecule has 0 aliphatic heterocycles. The maximum Gasteiger partial charge on any atom is 0.305 e. The van der Waals surface area contributed by atoms with Gasteiger partial charge < -0.3 is 36.7 Å². The molecule has 188 valence electrons. The summed E-state index contributed by atoms with van der Waals surface area (Å²) in [7, 11) is 0. The van der Waals surface area contributed by atoms with Gasteiger partial charge in [-0.15, -0.1) is 0 Å². The number of carboxylic acids is 1. The number of hydrogen-bond donors (Lipinski definition) is 6. The molecule has 0 aromatic heterocycles. The zero-order valence-electron chi connectivity index (χ0n) is 19.4. The Bertz CT molecular complexity index is 832. The number of benzene rings is 1. The van der Waals surface area contributed by atoms with Crippen molar-refractivity contribution in [3.63, 3.8) is 0 Å². The molecule has 0 fully saturated rings. The summed E-state index contributed by atoms with van der Waals surface area (Å²) in [6.45, 7) is 3.17. The minimum absolute atomic E-state index is 0.268. The quantitative estimate of drug-likeness (QED) is 0.178. The summed E-state index contributed by atoms with van der Waals surface area (Å²) in [5, 5.41) is 26.1. The SMILES string of the molecule is CCCCC(NC(=O)[C@@H](NC(=O)[C@@H](N)CC(=O)O)[C@@H](C)O)C(=O)N[C@H](C=O)Cc1ccccc1. The highest BCUT2D eigenvalue weighted by atomic mass is 16.4. The van der Waals surface area contributed by atoms with Gasteiger partial charge in [-0.3, -0.25) is 19.2 Å². The standard InChI is InChI=1S/C23H34N4O7/c1-3-4-10-18(22(33)25-16(13-28)11-15-8-6-5-7-9-15)26-23(34)20(14(2)29)27-21(32)17(24)12-19(30)31/h5-9,13-14,16-18,20,29H,3-4,10-12,24H2,1-2H3,(H,25,33)(H,26,34)(H,27,32)(H,30,31)/t14-,16+,17+,18?,20+/m1/s1. The molecule has 5 atom stereocenters. The molecule has 3 amide bonds. The number of carboxylic acid groups (broad SMARTS) is 1. The lowest BCUT2D eigenvalue weighted by Crippen LogP contribution is -2.59. The average Bonchev–Trinajstić information content (AvgIpc) is 2.79. The van der Waals surface area contributed by atoms with Gasteiger partial charge in [-0.2, -0.15) is 0 Å². The molecule has 11 nitrogen and oxygen atoms in total. The molecule has 0 aliphatic rings. The van der Waals surface area contributed by atoms with Crippen LogP contribution in [-0.4, -0.2) is 70.5 Å². The molecule has 11 heteroatoms. The molecule has 1 rings (SSSR count). The van der Waals surface area contributed by atoms with E-state index in [-0.39, 0.29) is 12.8 Å². The Hall–Kier alpha value is -3.31. The minimum Gasteiger partial charge on any atom is -0.481 e. The zero-order valence-corrected chi connectivity index (χ0v) is 19.4. The largest absolute Gasteiger partial charge is 0.481 e. The second kappa shape index (κ2) is 14.8. The lowest BCUT2D eigenvalue weighted by molar-refractivity contribution is -0.140. The summed E-state index contributed by atoms with van der Waals surface area (Å²) < 4.78 is 0. The Morgan fingerprint density at radius 2 is 1.68 bits per heavy atom. The molecule has 0 spiro atoms. The van der Waals surface area contributed by atoms with E-state index in [1.165, 1.54) is 6.92 Å². The average molecular weight is 479 g/mol. The van der Waals surface area contributed by atoms with Gasteiger partial charge in [-0.25, -0.2) is 0 Å². The lowest BCUT2D eigenvalue weighted by Gasteiger charge is -2.26. The van der Waals surface area contributed by atoms with Crippen molar-refractivity contribution in [3.8, 4) is 0 Å². The summed E-state index contributed by atoms with van der Waals surface area (Å²) in [6.07, 6.45) is 0.487. The third kappa shape index (κ3) is 10.1. The van der Waals surface area contributed by atoms with Crippen LogP contribution in [0, 0.1) is 0 Å². The van der Waals surface area contributed by atoms with E-state index in [0.717, 1.165) is 12.0 Å². The Labute approximate surface area is 198 Å². The maximum atomic E-state index is 12.9. The van der Waals surface area contributed by atoms with E-state index in [4.69, 9.17) is 10.8 Å². The number of amides is 3. The highest BCUT2D eigenvalue weighted by Gasteiger charge is 2.31. The van der Waals surface area contributed by atoms with Crippen molar-refractivity contribution in [1.82, 2.24) is 16.0 Å². The molecule has 0 aliphatic carbocycles. The van der Waals surface area contributed by atoms with Crippen LogP contribution in [0.2, 0.25) is 0 Å². The summed E-state index contributed by atoms with van der Waals surface area (Å²) >= 11 is 0. The molecule has 1 unspecified atom stereocenters. The predicted molar refractivity (Wildman–Crippen MR) is 123 cm³/mol. The number of carbonyl (C=O) groups excluding carboxylic acids is 4. The molecule has 0 radical (unpaired) electrons. The third-order valence-electron chi connectivity index (χ3n) is 5.06. The van der Waals surface area contributed by atoms with Gasteiger partial charge >= 0.3 is 5.97 Å². The van der Waals surface area contributed by atoms with Crippen molar-refractivity contribution in [3.05, 3.63) is 35.9 Å². The molecule has 0 heterocycles. The summed E-state index contributed by atoms with van der Waals surface area (Å²) in [5.41, 5.74) is 6.36. The zero-order chi connectivity index (χ0) is 25.7. The molecular formula is C23H34N4O7. The van der Waals surface area contributed by atoms with E-state index < -0.39 is 60.4 Å². The second-order valence-electron chi connectivity index (χ2n) is 8.08. The maximum absolute atomic E-state index is 12.9. The Morgan fingerprint density at radius 1 is 1.03 bits per heavy atom. The van der Waals surface area contributed by atoms with Gasteiger partial charge in [-0.05, 0) is 25.3 Å². The van der Waals surface area contributed by atoms with Crippen LogP contribution in [0.5, 0.6) is 0 Å². The smallest absolute Gasteiger partial charge is 0.305 e. The predicted octanol–water partition coefficient (Wildman–Crippen LogP) is -0.745. The van der Waals surface area contributed by atoms with Crippen molar-refractivity contribution in [2.45, 2.75) is 76.2 Å². The molecule has 34 heavy (non-hydrogen) atoms. The molecule has 0 bridgehead atoms. The van der Waals surface area contributed by atoms with Crippen molar-refractivity contribution >= 4 is 30.0 Å². The monoisotopic (exact) mass is 478 g/mol. The Morgan fingerprint density at radius 3 is 2.21 bits per heavy atom. The fraction of sp³-hybridized carbons (Fsp3) is 0.522. The van der Waals surface area contributed by atoms with Crippen LogP contribution in [0.4, 0.5) is 0 Å². The number of nitrogens with one attached hydrogen (secondary N) is 3. The molecule has 0 saturated heterocycles. The van der Waals surface area contributed by atoms with E-state index in [1.54, 1.807) is 0 Å². The number of nitrogens with two attached hydrogens (primary N) is 1. The van der Waals surface area contributed by atoms with Crippen LogP contribution in [0.3, 0.4) is 0 Å². The van der Waals surface area contributed by atoms with Crippen LogP contribution in [0.15, 0.2) is 30.3 Å². The molecule has 1 aromatic rings. The first-order valence-electron chi connectivity index (χ1n) is 11.1. The Kier molecular flexibility index (Phi) is 12.5. The first kappa shape index (κ1) is 28.7. The number of aliphatic hydroxyl groups excluding tert-OH is 1. The fourth-order valence-electron chi connectivity index (χ4n) is 3.17. The number of aliphatic hydroxyl groups is 1. The van der Waals surface area contributed by atoms with Crippen LogP contribution in [0.1, 0.15) is 45.1 Å². The van der Waals surface area contributed by atoms with Crippen LogP contribution in [-0.2, 0) is 30.4 Å². The first-order valence-corrected chi connectivity index (χ1v) is 11.1. The number of aldehydes is 1. The van der Waals surface area contributed by atoms with E-state index in [2.05, 4.69) is 16.0 Å². The van der Waals surface area contributed by atoms with Crippen LogP contribution < -0.4 is 21.7 Å². The summed E-state index contributed by atoms with van der Waals surface area (Å²) in [4.78, 5) is 60.1. The molecule has 0 saturated carbocycles. The number of rotatable bonds is 15. The van der Waals surface area contributed by atoms with E-state index in [0.29, 0.717) is 12.7 Å². The van der Waals surface area contributed by atoms with E-state index in [1.807, 2.05) is 37.3 Å². The highest BCUT2D eigenvalue weighted by molar-refractivity contribution is 5.94. The van der Waals surface area contributed by atoms with E-state index in [9.17, 15) is 29.1 Å². The third-order valence-corrected chi connectivity index (χ3v) is 5.06. The summed E-state index contributed by atoms with van der Waals surface area (Å²) in [6, 6.07) is 4.40. The first-order chi connectivity index (χ1) is 16.1. The highest BCUT2D eigenvalue weighted by Crippen LogP contribution is 2.06. The van der Waals surface area contributed by atoms with Gasteiger partial charge in [0.25, 0.3) is 0 Å². The second-order valence-corrected chi connectivity index (χ2v) is 8.08. The van der Waals surface area contributed by atoms with Gasteiger partial charge in [0.2, 0.25) is 17.7 Å². The normalized spacial score (nSPS) is 15.2. The number of carbonyl (C=O) groups is 5. The van der Waals surface area contributed by atoms with Crippen LogP contribution >= 0.6 is 0 Å². The van der Waals surface area contributed by atoms with Crippen molar-refractivity contribution in [2.24, 2.45) is 5.73 Å². The van der Waals surface area contributed by atoms with Crippen LogP contribution in [0.25, 0.3) is 0 Å². The number of unbranched alkanes of at least 4 members (excludes halogenated alkanes) is 1. The van der Waals surface area contributed by atoms with Gasteiger partial charge in [0.1, 0.15) is 18.4 Å². The van der Waals surface area contributed by atoms with Gasteiger partial charge in [0.05, 0.1) is 24.6 Å². The number of aliphatic carboxylic acids is 1.